The van der Waals surface area contributed by atoms with Crippen molar-refractivity contribution >= 4 is 5.91 Å². The Balaban J connectivity index is 2.15. The smallest absolute Gasteiger partial charge is 0.257 e. The minimum absolute atomic E-state index is 0.0179. The third-order valence-corrected chi connectivity index (χ3v) is 3.77. The van der Waals surface area contributed by atoms with Gasteiger partial charge in [-0.3, -0.25) is 4.79 Å². The van der Waals surface area contributed by atoms with Crippen LogP contribution in [0.3, 0.4) is 0 Å². The minimum Gasteiger partial charge on any atom is -0.507 e. The van der Waals surface area contributed by atoms with Crippen molar-refractivity contribution in [2.45, 2.75) is 25.9 Å². The summed E-state index contributed by atoms with van der Waals surface area (Å²) in [5, 5.41) is 19.3. The minimum atomic E-state index is -0.455. The summed E-state index contributed by atoms with van der Waals surface area (Å²) in [5.74, 6) is -0.256. The van der Waals surface area contributed by atoms with Crippen LogP contribution in [-0.2, 0) is 6.42 Å². The predicted octanol–water partition coefficient (Wildman–Crippen LogP) is 2.83. The largest absolute Gasteiger partial charge is 0.507 e. The van der Waals surface area contributed by atoms with Crippen molar-refractivity contribution in [1.82, 2.24) is 4.90 Å². The first-order valence-electron chi connectivity index (χ1n) is 7.76. The van der Waals surface area contributed by atoms with Crippen molar-refractivity contribution in [3.05, 3.63) is 65.2 Å². The molecule has 0 aromatic heterocycles. The Labute approximate surface area is 137 Å². The van der Waals surface area contributed by atoms with Crippen molar-refractivity contribution in [1.29, 1.82) is 0 Å². The van der Waals surface area contributed by atoms with E-state index in [1.807, 2.05) is 36.4 Å². The number of benzene rings is 2. The zero-order chi connectivity index (χ0) is 16.8. The van der Waals surface area contributed by atoms with Gasteiger partial charge in [-0.05, 0) is 43.0 Å². The highest BCUT2D eigenvalue weighted by Gasteiger charge is 2.17. The van der Waals surface area contributed by atoms with Gasteiger partial charge in [0, 0.05) is 13.6 Å². The Kier molecular flexibility index (Phi) is 5.77. The van der Waals surface area contributed by atoms with Crippen molar-refractivity contribution in [3.8, 4) is 5.75 Å². The van der Waals surface area contributed by atoms with E-state index in [0.29, 0.717) is 24.9 Å². The van der Waals surface area contributed by atoms with Crippen LogP contribution in [0, 0.1) is 0 Å². The van der Waals surface area contributed by atoms with Gasteiger partial charge in [-0.15, -0.1) is 0 Å². The molecule has 0 radical (unpaired) electrons. The molecule has 2 aromatic rings. The van der Waals surface area contributed by atoms with E-state index in [9.17, 15) is 15.0 Å². The molecule has 0 saturated heterocycles. The number of aliphatic hydroxyl groups is 1. The summed E-state index contributed by atoms with van der Waals surface area (Å²) in [4.78, 5) is 14.0. The monoisotopic (exact) mass is 313 g/mol. The quantitative estimate of drug-likeness (QED) is 0.862. The lowest BCUT2D eigenvalue weighted by Crippen LogP contribution is -2.29. The van der Waals surface area contributed by atoms with Gasteiger partial charge in [0.15, 0.2) is 0 Å². The number of hydrogen-bond donors (Lipinski definition) is 2. The molecular formula is C19H23NO3. The maximum absolute atomic E-state index is 12.5. The molecule has 0 spiro atoms. The summed E-state index contributed by atoms with van der Waals surface area (Å²) in [5.41, 5.74) is 2.42. The molecule has 0 fully saturated rings. The molecule has 2 N–H and O–H groups in total. The second-order valence-corrected chi connectivity index (χ2v) is 5.88. The number of amides is 1. The fourth-order valence-corrected chi connectivity index (χ4v) is 2.38. The number of rotatable bonds is 6. The normalized spacial score (nSPS) is 12.0. The van der Waals surface area contributed by atoms with Crippen LogP contribution in [0.4, 0.5) is 0 Å². The summed E-state index contributed by atoms with van der Waals surface area (Å²) < 4.78 is 0. The van der Waals surface area contributed by atoms with Crippen LogP contribution in [0.2, 0.25) is 0 Å². The number of aromatic hydroxyl groups is 1. The van der Waals surface area contributed by atoms with E-state index in [4.69, 9.17) is 0 Å². The van der Waals surface area contributed by atoms with E-state index < -0.39 is 6.10 Å². The maximum atomic E-state index is 12.5. The topological polar surface area (TPSA) is 60.8 Å². The molecule has 0 aliphatic carbocycles. The maximum Gasteiger partial charge on any atom is 0.257 e. The van der Waals surface area contributed by atoms with E-state index in [-0.39, 0.29) is 11.7 Å². The molecule has 4 heteroatoms. The summed E-state index contributed by atoms with van der Waals surface area (Å²) in [7, 11) is 1.67. The van der Waals surface area contributed by atoms with Gasteiger partial charge in [0.05, 0.1) is 11.7 Å². The average Bonchev–Trinajstić information content (AvgIpc) is 2.54. The molecule has 1 amide bonds. The van der Waals surface area contributed by atoms with Gasteiger partial charge in [0.25, 0.3) is 5.91 Å². The molecule has 0 bridgehead atoms. The molecule has 2 aromatic carbocycles. The summed E-state index contributed by atoms with van der Waals surface area (Å²) in [6.45, 7) is 2.13. The zero-order valence-electron chi connectivity index (χ0n) is 13.6. The highest BCUT2D eigenvalue weighted by atomic mass is 16.3. The first-order valence-corrected chi connectivity index (χ1v) is 7.76. The Morgan fingerprint density at radius 3 is 2.48 bits per heavy atom. The lowest BCUT2D eigenvalue weighted by molar-refractivity contribution is 0.0766. The molecule has 0 heterocycles. The van der Waals surface area contributed by atoms with Gasteiger partial charge in [-0.25, -0.2) is 0 Å². The third-order valence-electron chi connectivity index (χ3n) is 3.77. The second kappa shape index (κ2) is 7.79. The fourth-order valence-electron chi connectivity index (χ4n) is 2.38. The molecular weight excluding hydrogens is 290 g/mol. The van der Waals surface area contributed by atoms with Crippen LogP contribution < -0.4 is 0 Å². The molecule has 1 atom stereocenters. The Hall–Kier alpha value is -2.33. The number of carbonyl (C=O) groups is 1. The summed E-state index contributed by atoms with van der Waals surface area (Å²) >= 11 is 0. The average molecular weight is 313 g/mol. The third kappa shape index (κ3) is 4.83. The van der Waals surface area contributed by atoms with Crippen molar-refractivity contribution in [2.75, 3.05) is 13.6 Å². The van der Waals surface area contributed by atoms with Crippen LogP contribution >= 0.6 is 0 Å². The highest BCUT2D eigenvalue weighted by molar-refractivity contribution is 5.96. The van der Waals surface area contributed by atoms with Gasteiger partial charge in [0.2, 0.25) is 0 Å². The number of phenols is 1. The first-order chi connectivity index (χ1) is 11.0. The number of carbonyl (C=O) groups excluding carboxylic acids is 1. The van der Waals surface area contributed by atoms with Crippen molar-refractivity contribution < 1.29 is 15.0 Å². The first kappa shape index (κ1) is 17.0. The van der Waals surface area contributed by atoms with E-state index in [2.05, 4.69) is 0 Å². The van der Waals surface area contributed by atoms with Gasteiger partial charge in [-0.2, -0.15) is 0 Å². The molecule has 23 heavy (non-hydrogen) atoms. The van der Waals surface area contributed by atoms with E-state index in [1.54, 1.807) is 26.1 Å². The van der Waals surface area contributed by atoms with Crippen LogP contribution in [0.15, 0.2) is 48.5 Å². The molecule has 0 aliphatic rings. The van der Waals surface area contributed by atoms with Crippen LogP contribution in [0.1, 0.15) is 34.8 Å². The summed E-state index contributed by atoms with van der Waals surface area (Å²) in [6.07, 6.45) is 0.758. The van der Waals surface area contributed by atoms with Crippen molar-refractivity contribution in [3.63, 3.8) is 0 Å². The van der Waals surface area contributed by atoms with Crippen LogP contribution in [0.5, 0.6) is 5.75 Å². The van der Waals surface area contributed by atoms with Crippen LogP contribution in [0.25, 0.3) is 0 Å². The lowest BCUT2D eigenvalue weighted by atomic mass is 10.0. The Morgan fingerprint density at radius 2 is 1.83 bits per heavy atom. The summed E-state index contributed by atoms with van der Waals surface area (Å²) in [6, 6.07) is 15.1. The Morgan fingerprint density at radius 1 is 1.13 bits per heavy atom. The molecule has 1 unspecified atom stereocenters. The fraction of sp³-hybridized carbons (Fsp3) is 0.316. The SMILES string of the molecule is CC(O)CCN(C)C(=O)c1cc(Cc2ccccc2)ccc1O. The number of hydrogen-bond acceptors (Lipinski definition) is 3. The molecule has 0 saturated carbocycles. The lowest BCUT2D eigenvalue weighted by Gasteiger charge is -2.19. The number of phenolic OH excluding ortho intramolecular Hbond substituents is 1. The van der Waals surface area contributed by atoms with Gasteiger partial charge in [0.1, 0.15) is 5.75 Å². The zero-order valence-corrected chi connectivity index (χ0v) is 13.6. The van der Waals surface area contributed by atoms with Crippen LogP contribution in [-0.4, -0.2) is 40.7 Å². The number of nitrogens with zero attached hydrogens (tertiary/aromatic N) is 1. The van der Waals surface area contributed by atoms with Gasteiger partial charge < -0.3 is 15.1 Å². The standard InChI is InChI=1S/C19H23NO3/c1-14(21)10-11-20(2)19(23)17-13-16(8-9-18(17)22)12-15-6-4-3-5-7-15/h3-9,13-14,21-22H,10-12H2,1-2H3. The number of aliphatic hydroxyl groups excluding tert-OH is 1. The molecule has 2 rings (SSSR count). The molecule has 122 valence electrons. The van der Waals surface area contributed by atoms with E-state index >= 15 is 0 Å². The van der Waals surface area contributed by atoms with E-state index in [0.717, 1.165) is 11.1 Å². The Bertz CT molecular complexity index is 653. The predicted molar refractivity (Wildman–Crippen MR) is 90.6 cm³/mol. The highest BCUT2D eigenvalue weighted by Crippen LogP contribution is 2.22. The molecule has 4 nitrogen and oxygen atoms in total. The van der Waals surface area contributed by atoms with Gasteiger partial charge >= 0.3 is 0 Å². The molecule has 0 aliphatic heterocycles. The van der Waals surface area contributed by atoms with E-state index in [1.165, 1.54) is 4.90 Å². The van der Waals surface area contributed by atoms with Crippen molar-refractivity contribution in [2.24, 2.45) is 0 Å². The second-order valence-electron chi connectivity index (χ2n) is 5.88. The van der Waals surface area contributed by atoms with Gasteiger partial charge in [-0.1, -0.05) is 36.4 Å².